The number of rotatable bonds is 4. The van der Waals surface area contributed by atoms with Crippen LogP contribution in [0.15, 0.2) is 30.5 Å². The molecule has 132 valence electrons. The molecule has 2 aromatic rings. The molecule has 0 radical (unpaired) electrons. The van der Waals surface area contributed by atoms with Crippen LogP contribution in [0.25, 0.3) is 0 Å². The van der Waals surface area contributed by atoms with Gasteiger partial charge in [0.25, 0.3) is 5.91 Å². The van der Waals surface area contributed by atoms with Crippen molar-refractivity contribution in [2.45, 2.75) is 18.9 Å². The average molecular weight is 364 g/mol. The van der Waals surface area contributed by atoms with Crippen LogP contribution in [0.1, 0.15) is 39.3 Å². The van der Waals surface area contributed by atoms with Gasteiger partial charge in [-0.15, -0.1) is 0 Å². The zero-order chi connectivity index (χ0) is 18.0. The maximum atomic E-state index is 13.9. The molecule has 0 atom stereocenters. The molecule has 1 saturated heterocycles. The topological polar surface area (TPSA) is 65.2 Å². The number of benzene rings is 1. The third-order valence-corrected chi connectivity index (χ3v) is 4.75. The Hall–Kier alpha value is -2.18. The summed E-state index contributed by atoms with van der Waals surface area (Å²) in [6, 6.07) is 5.62. The predicted octanol–water partition coefficient (Wildman–Crippen LogP) is 2.86. The van der Waals surface area contributed by atoms with Crippen LogP contribution < -0.4 is 5.32 Å². The van der Waals surface area contributed by atoms with Gasteiger partial charge in [0.1, 0.15) is 11.5 Å². The van der Waals surface area contributed by atoms with Crippen molar-refractivity contribution in [3.63, 3.8) is 0 Å². The largest absolute Gasteiger partial charge is 0.356 e. The Kier molecular flexibility index (Phi) is 5.20. The fourth-order valence-electron chi connectivity index (χ4n) is 2.93. The van der Waals surface area contributed by atoms with Crippen molar-refractivity contribution in [3.8, 4) is 0 Å². The van der Waals surface area contributed by atoms with Gasteiger partial charge in [-0.25, -0.2) is 4.39 Å². The molecule has 0 bridgehead atoms. The number of aromatic nitrogens is 1. The summed E-state index contributed by atoms with van der Waals surface area (Å²) in [4.78, 5) is 29.8. The average Bonchev–Trinajstić information content (AvgIpc) is 3.07. The predicted molar refractivity (Wildman–Crippen MR) is 93.6 cm³/mol. The first-order valence-electron chi connectivity index (χ1n) is 8.12. The molecule has 1 aromatic heterocycles. The smallest absolute Gasteiger partial charge is 0.267 e. The van der Waals surface area contributed by atoms with E-state index >= 15 is 0 Å². The van der Waals surface area contributed by atoms with Crippen molar-refractivity contribution < 1.29 is 14.0 Å². The Bertz CT molecular complexity index is 777. The molecule has 1 amide bonds. The number of carbonyl (C=O) groups excluding carboxylic acids is 2. The highest BCUT2D eigenvalue weighted by Crippen LogP contribution is 2.23. The fraction of sp³-hybridized carbons (Fsp3) is 0.333. The Morgan fingerprint density at radius 1 is 1.32 bits per heavy atom. The van der Waals surface area contributed by atoms with E-state index in [0.717, 1.165) is 25.9 Å². The number of piperidine rings is 1. The molecular formula is C18H19ClFN3O2. The van der Waals surface area contributed by atoms with Crippen LogP contribution in [-0.2, 0) is 0 Å². The van der Waals surface area contributed by atoms with Crippen LogP contribution in [0.2, 0.25) is 5.02 Å². The molecule has 1 aromatic carbocycles. The van der Waals surface area contributed by atoms with Gasteiger partial charge in [0, 0.05) is 17.8 Å². The minimum Gasteiger partial charge on any atom is -0.356 e. The van der Waals surface area contributed by atoms with Crippen LogP contribution >= 0.6 is 11.6 Å². The van der Waals surface area contributed by atoms with Gasteiger partial charge in [0.05, 0.1) is 10.6 Å². The highest BCUT2D eigenvalue weighted by atomic mass is 35.5. The lowest BCUT2D eigenvalue weighted by Gasteiger charge is -2.29. The van der Waals surface area contributed by atoms with Crippen molar-refractivity contribution in [2.24, 2.45) is 0 Å². The van der Waals surface area contributed by atoms with Gasteiger partial charge in [-0.1, -0.05) is 17.7 Å². The van der Waals surface area contributed by atoms with Crippen molar-refractivity contribution in [1.29, 1.82) is 0 Å². The number of H-pyrrole nitrogens is 1. The third kappa shape index (κ3) is 3.91. The lowest BCUT2D eigenvalue weighted by molar-refractivity contribution is 0.0912. The van der Waals surface area contributed by atoms with E-state index in [0.29, 0.717) is 0 Å². The van der Waals surface area contributed by atoms with E-state index in [4.69, 9.17) is 11.6 Å². The molecule has 7 heteroatoms. The quantitative estimate of drug-likeness (QED) is 0.821. The zero-order valence-electron chi connectivity index (χ0n) is 13.8. The van der Waals surface area contributed by atoms with Crippen LogP contribution in [0.4, 0.5) is 4.39 Å². The summed E-state index contributed by atoms with van der Waals surface area (Å²) in [6.07, 6.45) is 3.17. The van der Waals surface area contributed by atoms with Gasteiger partial charge < -0.3 is 15.2 Å². The molecule has 25 heavy (non-hydrogen) atoms. The van der Waals surface area contributed by atoms with Crippen LogP contribution in [0, 0.1) is 5.82 Å². The molecular weight excluding hydrogens is 345 g/mol. The summed E-state index contributed by atoms with van der Waals surface area (Å²) in [5.74, 6) is -1.51. The van der Waals surface area contributed by atoms with Gasteiger partial charge in [0.2, 0.25) is 0 Å². The number of nitrogens with zero attached hydrogens (tertiary/aromatic N) is 1. The van der Waals surface area contributed by atoms with Crippen molar-refractivity contribution in [3.05, 3.63) is 58.1 Å². The Morgan fingerprint density at radius 3 is 2.72 bits per heavy atom. The first-order chi connectivity index (χ1) is 12.0. The van der Waals surface area contributed by atoms with E-state index in [2.05, 4.69) is 22.2 Å². The van der Waals surface area contributed by atoms with E-state index in [1.165, 1.54) is 30.5 Å². The van der Waals surface area contributed by atoms with Gasteiger partial charge in [-0.05, 0) is 51.2 Å². The zero-order valence-corrected chi connectivity index (χ0v) is 14.6. The molecule has 0 spiro atoms. The molecule has 0 aliphatic carbocycles. The molecule has 0 saturated carbocycles. The van der Waals surface area contributed by atoms with E-state index < -0.39 is 11.6 Å². The number of hydrogen-bond donors (Lipinski definition) is 2. The summed E-state index contributed by atoms with van der Waals surface area (Å²) in [6.45, 7) is 1.87. The first-order valence-corrected chi connectivity index (χ1v) is 8.50. The monoisotopic (exact) mass is 363 g/mol. The maximum Gasteiger partial charge on any atom is 0.267 e. The van der Waals surface area contributed by atoms with Crippen LogP contribution in [-0.4, -0.2) is 47.8 Å². The molecule has 1 aliphatic heterocycles. The summed E-state index contributed by atoms with van der Waals surface area (Å²) >= 11 is 5.93. The van der Waals surface area contributed by atoms with Gasteiger partial charge >= 0.3 is 0 Å². The minimum atomic E-state index is -0.684. The molecule has 1 fully saturated rings. The Labute approximate surface area is 150 Å². The Balaban J connectivity index is 1.71. The maximum absolute atomic E-state index is 13.9. The molecule has 2 N–H and O–H groups in total. The van der Waals surface area contributed by atoms with E-state index in [9.17, 15) is 14.0 Å². The number of likely N-dealkylation sites (tertiary alicyclic amines) is 1. The Morgan fingerprint density at radius 2 is 2.04 bits per heavy atom. The summed E-state index contributed by atoms with van der Waals surface area (Å²) in [7, 11) is 2.05. The van der Waals surface area contributed by atoms with Crippen LogP contribution in [0.5, 0.6) is 0 Å². The number of ketones is 1. The molecule has 0 unspecified atom stereocenters. The summed E-state index contributed by atoms with van der Waals surface area (Å²) in [5.41, 5.74) is 0.278. The second-order valence-corrected chi connectivity index (χ2v) is 6.69. The molecule has 3 rings (SSSR count). The van der Waals surface area contributed by atoms with E-state index in [1.807, 2.05) is 0 Å². The number of halogens is 2. The fourth-order valence-corrected chi connectivity index (χ4v) is 3.18. The van der Waals surface area contributed by atoms with Crippen LogP contribution in [0.3, 0.4) is 0 Å². The SMILES string of the molecule is CN1CCC(NC(=O)c2cc(C(=O)c3c(F)cccc3Cl)c[nH]2)CC1. The lowest BCUT2D eigenvalue weighted by Crippen LogP contribution is -2.43. The highest BCUT2D eigenvalue weighted by Gasteiger charge is 2.22. The number of nitrogens with one attached hydrogen (secondary N) is 2. The van der Waals surface area contributed by atoms with Crippen molar-refractivity contribution >= 4 is 23.3 Å². The van der Waals surface area contributed by atoms with E-state index in [-0.39, 0.29) is 33.8 Å². The van der Waals surface area contributed by atoms with Crippen molar-refractivity contribution in [1.82, 2.24) is 15.2 Å². The van der Waals surface area contributed by atoms with Gasteiger partial charge in [0.15, 0.2) is 5.78 Å². The highest BCUT2D eigenvalue weighted by molar-refractivity contribution is 6.35. The summed E-state index contributed by atoms with van der Waals surface area (Å²) in [5, 5.41) is 3.01. The second-order valence-electron chi connectivity index (χ2n) is 6.28. The minimum absolute atomic E-state index is 0.0449. The van der Waals surface area contributed by atoms with E-state index in [1.54, 1.807) is 0 Å². The van der Waals surface area contributed by atoms with Gasteiger partial charge in [-0.2, -0.15) is 0 Å². The number of carbonyl (C=O) groups is 2. The normalized spacial score (nSPS) is 16.0. The van der Waals surface area contributed by atoms with Crippen molar-refractivity contribution in [2.75, 3.05) is 20.1 Å². The second kappa shape index (κ2) is 7.37. The molecule has 2 heterocycles. The third-order valence-electron chi connectivity index (χ3n) is 4.43. The lowest BCUT2D eigenvalue weighted by atomic mass is 10.0. The number of hydrogen-bond acceptors (Lipinski definition) is 3. The standard InChI is InChI=1S/C18H19ClFN3O2/c1-23-7-5-12(6-8-23)22-18(25)15-9-11(10-21-15)17(24)16-13(19)3-2-4-14(16)20/h2-4,9-10,12,21H,5-8H2,1H3,(H,22,25). The van der Waals surface area contributed by atoms with Gasteiger partial charge in [-0.3, -0.25) is 9.59 Å². The summed E-state index contributed by atoms with van der Waals surface area (Å²) < 4.78 is 13.9. The molecule has 5 nitrogen and oxygen atoms in total. The molecule has 1 aliphatic rings. The first kappa shape index (κ1) is 17.6. The number of amides is 1. The number of aromatic amines is 1.